The Morgan fingerprint density at radius 3 is 2.74 bits per heavy atom. The van der Waals surface area contributed by atoms with Crippen molar-refractivity contribution >= 4 is 5.91 Å². The van der Waals surface area contributed by atoms with Crippen molar-refractivity contribution < 1.29 is 9.32 Å². The molecule has 6 heteroatoms. The second-order valence-corrected chi connectivity index (χ2v) is 4.98. The zero-order valence-electron chi connectivity index (χ0n) is 11.8. The normalized spacial score (nSPS) is 18.3. The van der Waals surface area contributed by atoms with Crippen LogP contribution in [0.2, 0.25) is 0 Å². The third kappa shape index (κ3) is 3.33. The first-order valence-corrected chi connectivity index (χ1v) is 6.74. The van der Waals surface area contributed by atoms with Crippen LogP contribution in [0.4, 0.5) is 0 Å². The maximum Gasteiger partial charge on any atom is 0.237 e. The van der Waals surface area contributed by atoms with Crippen LogP contribution in [0, 0.1) is 13.8 Å². The first-order chi connectivity index (χ1) is 9.09. The molecular formula is C13H22N4O2. The van der Waals surface area contributed by atoms with E-state index in [1.165, 1.54) is 0 Å². The van der Waals surface area contributed by atoms with Crippen LogP contribution in [0.5, 0.6) is 0 Å². The van der Waals surface area contributed by atoms with Gasteiger partial charge >= 0.3 is 0 Å². The van der Waals surface area contributed by atoms with Crippen LogP contribution in [0.3, 0.4) is 0 Å². The molecule has 106 valence electrons. The summed E-state index contributed by atoms with van der Waals surface area (Å²) in [5.74, 6) is 0.828. The Balaban J connectivity index is 1.87. The molecule has 1 aliphatic rings. The number of amides is 1. The van der Waals surface area contributed by atoms with Gasteiger partial charge in [0.15, 0.2) is 0 Å². The lowest BCUT2D eigenvalue weighted by Crippen LogP contribution is -2.52. The van der Waals surface area contributed by atoms with Crippen molar-refractivity contribution in [2.45, 2.75) is 33.4 Å². The van der Waals surface area contributed by atoms with Crippen molar-refractivity contribution in [2.24, 2.45) is 0 Å². The molecule has 1 atom stereocenters. The molecule has 1 fully saturated rings. The fourth-order valence-electron chi connectivity index (χ4n) is 2.31. The molecule has 1 aliphatic heterocycles. The van der Waals surface area contributed by atoms with Crippen molar-refractivity contribution in [1.29, 1.82) is 0 Å². The largest absolute Gasteiger partial charge is 0.361 e. The maximum absolute atomic E-state index is 12.1. The highest BCUT2D eigenvalue weighted by atomic mass is 16.5. The van der Waals surface area contributed by atoms with Crippen molar-refractivity contribution in [2.75, 3.05) is 26.2 Å². The molecule has 0 aromatic carbocycles. The number of nitrogens with one attached hydrogen (secondary N) is 2. The van der Waals surface area contributed by atoms with Crippen LogP contribution >= 0.6 is 0 Å². The summed E-state index contributed by atoms with van der Waals surface area (Å²) in [7, 11) is 0. The number of rotatable bonds is 4. The van der Waals surface area contributed by atoms with Crippen LogP contribution in [0.15, 0.2) is 4.52 Å². The van der Waals surface area contributed by atoms with E-state index in [9.17, 15) is 4.79 Å². The number of carbonyl (C=O) groups excluding carboxylic acids is 1. The van der Waals surface area contributed by atoms with Crippen LogP contribution in [0.1, 0.15) is 23.9 Å². The Morgan fingerprint density at radius 2 is 2.16 bits per heavy atom. The lowest BCUT2D eigenvalue weighted by molar-refractivity contribution is -0.126. The number of piperazine rings is 1. The van der Waals surface area contributed by atoms with Crippen LogP contribution < -0.4 is 10.6 Å². The predicted octanol–water partition coefficient (Wildman–Crippen LogP) is 0.201. The molecule has 0 bridgehead atoms. The molecule has 0 saturated carbocycles. The molecule has 1 aromatic heterocycles. The quantitative estimate of drug-likeness (QED) is 0.815. The van der Waals surface area contributed by atoms with Crippen molar-refractivity contribution in [3.63, 3.8) is 0 Å². The molecule has 0 aliphatic carbocycles. The summed E-state index contributed by atoms with van der Waals surface area (Å²) in [4.78, 5) is 14.3. The molecule has 2 heterocycles. The Morgan fingerprint density at radius 1 is 1.47 bits per heavy atom. The van der Waals surface area contributed by atoms with E-state index in [1.807, 2.05) is 20.8 Å². The second kappa shape index (κ2) is 6.16. The summed E-state index contributed by atoms with van der Waals surface area (Å²) < 4.78 is 5.08. The van der Waals surface area contributed by atoms with Gasteiger partial charge in [-0.05, 0) is 20.8 Å². The fraction of sp³-hybridized carbons (Fsp3) is 0.692. The highest BCUT2D eigenvalue weighted by molar-refractivity contribution is 5.81. The molecule has 0 radical (unpaired) electrons. The highest BCUT2D eigenvalue weighted by Gasteiger charge is 2.22. The molecule has 0 spiro atoms. The number of hydrogen-bond acceptors (Lipinski definition) is 5. The summed E-state index contributed by atoms with van der Waals surface area (Å²) in [6, 6.07) is -0.0948. The molecule has 19 heavy (non-hydrogen) atoms. The van der Waals surface area contributed by atoms with Crippen molar-refractivity contribution in [1.82, 2.24) is 20.7 Å². The Labute approximate surface area is 113 Å². The van der Waals surface area contributed by atoms with Crippen molar-refractivity contribution in [3.8, 4) is 0 Å². The van der Waals surface area contributed by atoms with Gasteiger partial charge in [-0.2, -0.15) is 0 Å². The summed E-state index contributed by atoms with van der Waals surface area (Å²) in [5.41, 5.74) is 1.81. The minimum Gasteiger partial charge on any atom is -0.361 e. The molecule has 1 unspecified atom stereocenters. The average Bonchev–Trinajstić information content (AvgIpc) is 2.75. The summed E-state index contributed by atoms with van der Waals surface area (Å²) >= 11 is 0. The minimum atomic E-state index is -0.0948. The van der Waals surface area contributed by atoms with E-state index in [1.54, 1.807) is 0 Å². The van der Waals surface area contributed by atoms with E-state index in [4.69, 9.17) is 4.52 Å². The standard InChI is InChI=1S/C13H22N4O2/c1-9-12(11(3)19-16-9)8-15-13(18)10(2)17-6-4-14-5-7-17/h10,14H,4-8H2,1-3H3,(H,15,18). The van der Waals surface area contributed by atoms with Crippen LogP contribution in [0.25, 0.3) is 0 Å². The van der Waals surface area contributed by atoms with Gasteiger partial charge in [0.2, 0.25) is 5.91 Å². The number of nitrogens with zero attached hydrogens (tertiary/aromatic N) is 2. The SMILES string of the molecule is Cc1noc(C)c1CNC(=O)C(C)N1CCNCC1. The predicted molar refractivity (Wildman–Crippen MR) is 71.7 cm³/mol. The lowest BCUT2D eigenvalue weighted by atomic mass is 10.2. The van der Waals surface area contributed by atoms with Gasteiger partial charge in [0.25, 0.3) is 0 Å². The molecule has 2 rings (SSSR count). The van der Waals surface area contributed by atoms with Crippen molar-refractivity contribution in [3.05, 3.63) is 17.0 Å². The van der Waals surface area contributed by atoms with Gasteiger partial charge < -0.3 is 15.2 Å². The summed E-state index contributed by atoms with van der Waals surface area (Å²) in [6.45, 7) is 9.91. The zero-order valence-corrected chi connectivity index (χ0v) is 11.8. The maximum atomic E-state index is 12.1. The van der Waals surface area contributed by atoms with Gasteiger partial charge in [-0.15, -0.1) is 0 Å². The third-order valence-electron chi connectivity index (χ3n) is 3.70. The van der Waals surface area contributed by atoms with E-state index in [2.05, 4.69) is 20.7 Å². The molecule has 1 saturated heterocycles. The number of hydrogen-bond donors (Lipinski definition) is 2. The van der Waals surface area contributed by atoms with Gasteiger partial charge in [0, 0.05) is 38.3 Å². The van der Waals surface area contributed by atoms with Gasteiger partial charge in [-0.25, -0.2) is 0 Å². The van der Waals surface area contributed by atoms with E-state index in [-0.39, 0.29) is 11.9 Å². The first-order valence-electron chi connectivity index (χ1n) is 6.74. The van der Waals surface area contributed by atoms with Crippen LogP contribution in [-0.4, -0.2) is 48.2 Å². The second-order valence-electron chi connectivity index (χ2n) is 4.98. The Bertz CT molecular complexity index is 418. The van der Waals surface area contributed by atoms with E-state index in [0.29, 0.717) is 6.54 Å². The number of aryl methyl sites for hydroxylation is 2. The Kier molecular flexibility index (Phi) is 4.55. The molecule has 2 N–H and O–H groups in total. The van der Waals surface area contributed by atoms with Gasteiger partial charge in [0.1, 0.15) is 5.76 Å². The Hall–Kier alpha value is -1.40. The van der Waals surface area contributed by atoms with Crippen LogP contribution in [-0.2, 0) is 11.3 Å². The molecule has 6 nitrogen and oxygen atoms in total. The summed E-state index contributed by atoms with van der Waals surface area (Å²) in [5, 5.41) is 10.1. The molecular weight excluding hydrogens is 244 g/mol. The van der Waals surface area contributed by atoms with Gasteiger partial charge in [-0.1, -0.05) is 5.16 Å². The smallest absolute Gasteiger partial charge is 0.237 e. The number of carbonyl (C=O) groups is 1. The van der Waals surface area contributed by atoms with E-state index >= 15 is 0 Å². The first kappa shape index (κ1) is 14.0. The molecule has 1 amide bonds. The van der Waals surface area contributed by atoms with E-state index in [0.717, 1.165) is 43.2 Å². The monoisotopic (exact) mass is 266 g/mol. The average molecular weight is 266 g/mol. The third-order valence-corrected chi connectivity index (χ3v) is 3.70. The van der Waals surface area contributed by atoms with E-state index < -0.39 is 0 Å². The lowest BCUT2D eigenvalue weighted by Gasteiger charge is -2.31. The fourth-order valence-corrected chi connectivity index (χ4v) is 2.31. The summed E-state index contributed by atoms with van der Waals surface area (Å²) in [6.07, 6.45) is 0. The minimum absolute atomic E-state index is 0.0573. The topological polar surface area (TPSA) is 70.4 Å². The van der Waals surface area contributed by atoms with Gasteiger partial charge in [-0.3, -0.25) is 9.69 Å². The zero-order chi connectivity index (χ0) is 13.8. The molecule has 1 aromatic rings. The number of aromatic nitrogens is 1. The highest BCUT2D eigenvalue weighted by Crippen LogP contribution is 2.11. The van der Waals surface area contributed by atoms with Gasteiger partial charge in [0.05, 0.1) is 11.7 Å².